The number of aromatic nitrogens is 4. The van der Waals surface area contributed by atoms with Crippen molar-refractivity contribution >= 4 is 11.0 Å². The predicted octanol–water partition coefficient (Wildman–Crippen LogP) is 2.63. The molecule has 0 amide bonds. The van der Waals surface area contributed by atoms with Crippen LogP contribution in [0.15, 0.2) is 23.3 Å². The van der Waals surface area contributed by atoms with Crippen LogP contribution in [-0.4, -0.2) is 37.7 Å². The summed E-state index contributed by atoms with van der Waals surface area (Å²) in [4.78, 5) is 22.4. The standard InChI is InChI=1S/C18H25N5O/c1-12(2)22-8-4-7-14(11-22)23-17-15(10-19-23)18(24)21-16(20-17)9-13-5-3-6-13/h10,13-14H,1,3-9,11H2,2H3,(H,20,21,24). The minimum absolute atomic E-state index is 0.0619. The van der Waals surface area contributed by atoms with E-state index in [0.29, 0.717) is 11.3 Å². The third kappa shape index (κ3) is 2.74. The molecule has 0 aromatic carbocycles. The molecule has 24 heavy (non-hydrogen) atoms. The fourth-order valence-corrected chi connectivity index (χ4v) is 3.82. The minimum Gasteiger partial charge on any atom is -0.373 e. The van der Waals surface area contributed by atoms with E-state index in [1.165, 1.54) is 19.3 Å². The Hall–Kier alpha value is -2.11. The monoisotopic (exact) mass is 327 g/mol. The molecule has 1 N–H and O–H groups in total. The number of allylic oxidation sites excluding steroid dienone is 1. The van der Waals surface area contributed by atoms with E-state index in [1.807, 2.05) is 11.6 Å². The lowest BCUT2D eigenvalue weighted by Gasteiger charge is -2.34. The average Bonchev–Trinajstić information content (AvgIpc) is 2.95. The minimum atomic E-state index is -0.0619. The van der Waals surface area contributed by atoms with E-state index in [0.717, 1.165) is 49.5 Å². The van der Waals surface area contributed by atoms with Crippen molar-refractivity contribution in [2.45, 2.75) is 51.5 Å². The van der Waals surface area contributed by atoms with E-state index in [1.54, 1.807) is 6.20 Å². The molecule has 1 saturated carbocycles. The number of likely N-dealkylation sites (tertiary alicyclic amines) is 1. The summed E-state index contributed by atoms with van der Waals surface area (Å²) in [7, 11) is 0. The molecule has 4 rings (SSSR count). The van der Waals surface area contributed by atoms with Crippen LogP contribution in [-0.2, 0) is 6.42 Å². The molecule has 1 saturated heterocycles. The molecule has 0 radical (unpaired) electrons. The Morgan fingerprint density at radius 1 is 1.38 bits per heavy atom. The third-order valence-electron chi connectivity index (χ3n) is 5.50. The highest BCUT2D eigenvalue weighted by atomic mass is 16.1. The van der Waals surface area contributed by atoms with Crippen molar-refractivity contribution in [1.29, 1.82) is 0 Å². The van der Waals surface area contributed by atoms with Gasteiger partial charge < -0.3 is 9.88 Å². The van der Waals surface area contributed by atoms with Gasteiger partial charge in [-0.25, -0.2) is 9.67 Å². The Balaban J connectivity index is 1.67. The Morgan fingerprint density at radius 2 is 2.21 bits per heavy atom. The molecule has 2 aromatic rings. The van der Waals surface area contributed by atoms with Crippen molar-refractivity contribution in [2.24, 2.45) is 5.92 Å². The summed E-state index contributed by atoms with van der Waals surface area (Å²) < 4.78 is 1.96. The number of H-pyrrole nitrogens is 1. The van der Waals surface area contributed by atoms with E-state index in [9.17, 15) is 4.79 Å². The van der Waals surface area contributed by atoms with Gasteiger partial charge in [0.05, 0.1) is 12.2 Å². The molecule has 6 nitrogen and oxygen atoms in total. The summed E-state index contributed by atoms with van der Waals surface area (Å²) in [6.07, 6.45) is 8.50. The first kappa shape index (κ1) is 15.4. The largest absolute Gasteiger partial charge is 0.373 e. The zero-order valence-electron chi connectivity index (χ0n) is 14.3. The molecular weight excluding hydrogens is 302 g/mol. The maximum atomic E-state index is 12.4. The van der Waals surface area contributed by atoms with Crippen LogP contribution < -0.4 is 5.56 Å². The van der Waals surface area contributed by atoms with E-state index < -0.39 is 0 Å². The molecule has 1 unspecified atom stereocenters. The van der Waals surface area contributed by atoms with Crippen LogP contribution >= 0.6 is 0 Å². The van der Waals surface area contributed by atoms with Gasteiger partial charge in [0.1, 0.15) is 11.2 Å². The van der Waals surface area contributed by atoms with Crippen LogP contribution in [0.25, 0.3) is 11.0 Å². The van der Waals surface area contributed by atoms with Crippen LogP contribution in [0.1, 0.15) is 50.9 Å². The van der Waals surface area contributed by atoms with Crippen molar-refractivity contribution in [1.82, 2.24) is 24.6 Å². The highest BCUT2D eigenvalue weighted by Gasteiger charge is 2.25. The predicted molar refractivity (Wildman–Crippen MR) is 93.9 cm³/mol. The Bertz CT molecular complexity index is 816. The molecule has 1 atom stereocenters. The molecule has 0 bridgehead atoms. The SMILES string of the molecule is C=C(C)N1CCCC(n2ncc3c(=O)[nH]c(CC4CCC4)nc32)C1. The summed E-state index contributed by atoms with van der Waals surface area (Å²) in [5.41, 5.74) is 1.77. The van der Waals surface area contributed by atoms with Crippen molar-refractivity contribution in [3.8, 4) is 0 Å². The van der Waals surface area contributed by atoms with Crippen LogP contribution in [0.3, 0.4) is 0 Å². The second kappa shape index (κ2) is 6.07. The van der Waals surface area contributed by atoms with E-state index in [4.69, 9.17) is 4.98 Å². The van der Waals surface area contributed by atoms with Gasteiger partial charge in [-0.2, -0.15) is 5.10 Å². The number of rotatable bonds is 4. The molecule has 2 aliphatic rings. The number of nitrogens with zero attached hydrogens (tertiary/aromatic N) is 4. The highest BCUT2D eigenvalue weighted by molar-refractivity contribution is 5.73. The first-order chi connectivity index (χ1) is 11.6. The first-order valence-corrected chi connectivity index (χ1v) is 8.98. The van der Waals surface area contributed by atoms with Crippen molar-refractivity contribution in [3.63, 3.8) is 0 Å². The normalized spacial score (nSPS) is 21.9. The van der Waals surface area contributed by atoms with Crippen LogP contribution in [0.5, 0.6) is 0 Å². The second-order valence-corrected chi connectivity index (χ2v) is 7.32. The quantitative estimate of drug-likeness (QED) is 0.937. The zero-order chi connectivity index (χ0) is 16.7. The van der Waals surface area contributed by atoms with Gasteiger partial charge in [0.2, 0.25) is 0 Å². The van der Waals surface area contributed by atoms with Gasteiger partial charge in [0.15, 0.2) is 5.65 Å². The number of nitrogens with one attached hydrogen (secondary N) is 1. The van der Waals surface area contributed by atoms with Crippen LogP contribution in [0.2, 0.25) is 0 Å². The number of aromatic amines is 1. The summed E-state index contributed by atoms with van der Waals surface area (Å²) in [5.74, 6) is 1.49. The molecule has 3 heterocycles. The number of hydrogen-bond donors (Lipinski definition) is 1. The van der Waals surface area contributed by atoms with Crippen molar-refractivity contribution < 1.29 is 0 Å². The molecule has 128 valence electrons. The average molecular weight is 327 g/mol. The number of hydrogen-bond acceptors (Lipinski definition) is 4. The Labute approximate surface area is 141 Å². The van der Waals surface area contributed by atoms with Gasteiger partial charge in [-0.3, -0.25) is 4.79 Å². The fraction of sp³-hybridized carbons (Fsp3) is 0.611. The second-order valence-electron chi connectivity index (χ2n) is 7.32. The van der Waals surface area contributed by atoms with Crippen molar-refractivity contribution in [2.75, 3.05) is 13.1 Å². The van der Waals surface area contributed by atoms with E-state index in [2.05, 4.69) is 21.6 Å². The van der Waals surface area contributed by atoms with Gasteiger partial charge >= 0.3 is 0 Å². The van der Waals surface area contributed by atoms with E-state index in [-0.39, 0.29) is 11.6 Å². The summed E-state index contributed by atoms with van der Waals surface area (Å²) >= 11 is 0. The van der Waals surface area contributed by atoms with Gasteiger partial charge in [-0.05, 0) is 25.7 Å². The summed E-state index contributed by atoms with van der Waals surface area (Å²) in [5, 5.41) is 5.10. The number of piperidine rings is 1. The zero-order valence-corrected chi connectivity index (χ0v) is 14.3. The Morgan fingerprint density at radius 3 is 2.92 bits per heavy atom. The molecule has 1 aliphatic heterocycles. The Kier molecular flexibility index (Phi) is 3.90. The lowest BCUT2D eigenvalue weighted by Crippen LogP contribution is -2.35. The molecule has 2 aromatic heterocycles. The molecule has 2 fully saturated rings. The van der Waals surface area contributed by atoms with Gasteiger partial charge in [-0.1, -0.05) is 25.8 Å². The third-order valence-corrected chi connectivity index (χ3v) is 5.50. The molecule has 6 heteroatoms. The highest BCUT2D eigenvalue weighted by Crippen LogP contribution is 2.29. The number of fused-ring (bicyclic) bond motifs is 1. The van der Waals surface area contributed by atoms with Crippen LogP contribution in [0.4, 0.5) is 0 Å². The lowest BCUT2D eigenvalue weighted by molar-refractivity contribution is 0.213. The smallest absolute Gasteiger partial charge is 0.262 e. The summed E-state index contributed by atoms with van der Waals surface area (Å²) in [6, 6.07) is 0.249. The van der Waals surface area contributed by atoms with Gasteiger partial charge in [0.25, 0.3) is 5.56 Å². The maximum absolute atomic E-state index is 12.4. The first-order valence-electron chi connectivity index (χ1n) is 8.98. The van der Waals surface area contributed by atoms with Crippen LogP contribution in [0, 0.1) is 5.92 Å². The fourth-order valence-electron chi connectivity index (χ4n) is 3.82. The molecule has 0 spiro atoms. The van der Waals surface area contributed by atoms with E-state index >= 15 is 0 Å². The maximum Gasteiger partial charge on any atom is 0.262 e. The van der Waals surface area contributed by atoms with Crippen molar-refractivity contribution in [3.05, 3.63) is 34.7 Å². The lowest BCUT2D eigenvalue weighted by atomic mass is 9.83. The molecule has 1 aliphatic carbocycles. The topological polar surface area (TPSA) is 66.8 Å². The summed E-state index contributed by atoms with van der Waals surface area (Å²) in [6.45, 7) is 8.04. The van der Waals surface area contributed by atoms with Gasteiger partial charge in [0, 0.05) is 25.2 Å². The molecular formula is C18H25N5O. The van der Waals surface area contributed by atoms with Gasteiger partial charge in [-0.15, -0.1) is 0 Å².